The van der Waals surface area contributed by atoms with E-state index in [2.05, 4.69) is 15.1 Å². The zero-order chi connectivity index (χ0) is 19.4. The summed E-state index contributed by atoms with van der Waals surface area (Å²) in [6.45, 7) is 4.22. The molecule has 0 radical (unpaired) electrons. The number of carbonyl (C=O) groups is 1. The summed E-state index contributed by atoms with van der Waals surface area (Å²) < 4.78 is 12.3. The molecule has 0 fully saturated rings. The zero-order valence-corrected chi connectivity index (χ0v) is 15.9. The van der Waals surface area contributed by atoms with Crippen molar-refractivity contribution in [1.82, 2.24) is 19.6 Å². The third-order valence-electron chi connectivity index (χ3n) is 4.07. The van der Waals surface area contributed by atoms with E-state index >= 15 is 0 Å². The molecule has 3 rings (SSSR count). The van der Waals surface area contributed by atoms with Crippen LogP contribution in [0.1, 0.15) is 23.4 Å². The van der Waals surface area contributed by atoms with E-state index in [1.165, 1.54) is 0 Å². The van der Waals surface area contributed by atoms with Gasteiger partial charge in [-0.25, -0.2) is 4.98 Å². The second kappa shape index (κ2) is 8.22. The molecule has 0 unspecified atom stereocenters. The van der Waals surface area contributed by atoms with E-state index in [-0.39, 0.29) is 31.6 Å². The number of hydrogen-bond acceptors (Lipinski definition) is 7. The van der Waals surface area contributed by atoms with Crippen molar-refractivity contribution in [2.45, 2.75) is 26.7 Å². The third-order valence-corrected chi connectivity index (χ3v) is 4.33. The van der Waals surface area contributed by atoms with E-state index in [4.69, 9.17) is 26.8 Å². The third kappa shape index (κ3) is 4.65. The van der Waals surface area contributed by atoms with Gasteiger partial charge in [-0.05, 0) is 50.1 Å². The predicted octanol–water partition coefficient (Wildman–Crippen LogP) is 2.53. The van der Waals surface area contributed by atoms with Gasteiger partial charge in [0.1, 0.15) is 19.0 Å². The zero-order valence-electron chi connectivity index (χ0n) is 15.1. The lowest BCUT2D eigenvalue weighted by Crippen LogP contribution is -2.14. The Balaban J connectivity index is 1.49. The van der Waals surface area contributed by atoms with Crippen LogP contribution in [0.15, 0.2) is 24.3 Å². The number of hydrogen-bond donors (Lipinski definition) is 1. The standard InChI is InChI=1S/C18H20ClN5O3/c1-11-15(12(2)24-18(21-11)22-17(20)23-24)7-8-16(25)27-10-9-26-14-5-3-13(19)4-6-14/h3-6H,7-10H2,1-2H3,(H2,20,23). The number of benzene rings is 1. The van der Waals surface area contributed by atoms with Crippen molar-refractivity contribution < 1.29 is 14.3 Å². The first-order chi connectivity index (χ1) is 12.9. The monoisotopic (exact) mass is 389 g/mol. The molecule has 0 aliphatic carbocycles. The first-order valence-corrected chi connectivity index (χ1v) is 8.84. The Morgan fingerprint density at radius 2 is 1.93 bits per heavy atom. The minimum atomic E-state index is -0.299. The molecule has 0 aliphatic heterocycles. The normalized spacial score (nSPS) is 10.9. The summed E-state index contributed by atoms with van der Waals surface area (Å²) >= 11 is 5.81. The first kappa shape index (κ1) is 18.9. The van der Waals surface area contributed by atoms with Crippen LogP contribution in [-0.4, -0.2) is 38.8 Å². The molecule has 3 aromatic rings. The summed E-state index contributed by atoms with van der Waals surface area (Å²) in [4.78, 5) is 20.4. The van der Waals surface area contributed by atoms with Crippen molar-refractivity contribution in [2.75, 3.05) is 18.9 Å². The summed E-state index contributed by atoms with van der Waals surface area (Å²) in [5.41, 5.74) is 8.21. The SMILES string of the molecule is Cc1nc2nc(N)nn2c(C)c1CCC(=O)OCCOc1ccc(Cl)cc1. The number of esters is 1. The number of carbonyl (C=O) groups excluding carboxylic acids is 1. The molecule has 0 bridgehead atoms. The number of halogens is 1. The second-order valence-corrected chi connectivity index (χ2v) is 6.40. The van der Waals surface area contributed by atoms with E-state index in [1.54, 1.807) is 28.8 Å². The van der Waals surface area contributed by atoms with Gasteiger partial charge >= 0.3 is 5.97 Å². The van der Waals surface area contributed by atoms with E-state index < -0.39 is 0 Å². The molecular weight excluding hydrogens is 370 g/mol. The Labute approximate surface area is 161 Å². The van der Waals surface area contributed by atoms with Crippen LogP contribution in [-0.2, 0) is 16.0 Å². The highest BCUT2D eigenvalue weighted by Gasteiger charge is 2.14. The highest BCUT2D eigenvalue weighted by Crippen LogP contribution is 2.17. The highest BCUT2D eigenvalue weighted by molar-refractivity contribution is 6.30. The highest BCUT2D eigenvalue weighted by atomic mass is 35.5. The fraction of sp³-hybridized carbons (Fsp3) is 0.333. The summed E-state index contributed by atoms with van der Waals surface area (Å²) in [6.07, 6.45) is 0.733. The topological polar surface area (TPSA) is 105 Å². The number of aryl methyl sites for hydroxylation is 2. The summed E-state index contributed by atoms with van der Waals surface area (Å²) in [6, 6.07) is 6.99. The van der Waals surface area contributed by atoms with Gasteiger partial charge in [0.25, 0.3) is 5.78 Å². The lowest BCUT2D eigenvalue weighted by Gasteiger charge is -2.10. The molecule has 0 atom stereocenters. The van der Waals surface area contributed by atoms with Crippen molar-refractivity contribution in [3.05, 3.63) is 46.2 Å². The smallest absolute Gasteiger partial charge is 0.306 e. The average molecular weight is 390 g/mol. The van der Waals surface area contributed by atoms with Crippen LogP contribution in [0.3, 0.4) is 0 Å². The van der Waals surface area contributed by atoms with Crippen molar-refractivity contribution in [3.8, 4) is 5.75 Å². The lowest BCUT2D eigenvalue weighted by molar-refractivity contribution is -0.144. The maximum atomic E-state index is 12.0. The second-order valence-electron chi connectivity index (χ2n) is 5.97. The van der Waals surface area contributed by atoms with E-state index in [0.717, 1.165) is 17.0 Å². The van der Waals surface area contributed by atoms with Gasteiger partial charge < -0.3 is 15.2 Å². The molecule has 0 saturated heterocycles. The molecule has 9 heteroatoms. The quantitative estimate of drug-likeness (QED) is 0.489. The van der Waals surface area contributed by atoms with Gasteiger partial charge in [0.2, 0.25) is 5.95 Å². The van der Waals surface area contributed by atoms with Gasteiger partial charge in [0.05, 0.1) is 0 Å². The molecule has 2 aromatic heterocycles. The van der Waals surface area contributed by atoms with Crippen LogP contribution in [0, 0.1) is 13.8 Å². The van der Waals surface area contributed by atoms with Gasteiger partial charge in [0, 0.05) is 22.8 Å². The molecule has 2 N–H and O–H groups in total. The predicted molar refractivity (Wildman–Crippen MR) is 101 cm³/mol. The number of rotatable bonds is 7. The number of fused-ring (bicyclic) bond motifs is 1. The number of ether oxygens (including phenoxy) is 2. The molecule has 142 valence electrons. The van der Waals surface area contributed by atoms with E-state index in [1.807, 2.05) is 13.8 Å². The molecule has 0 saturated carbocycles. The Kier molecular flexibility index (Phi) is 5.75. The Hall–Kier alpha value is -2.87. The van der Waals surface area contributed by atoms with Crippen LogP contribution in [0.5, 0.6) is 5.75 Å². The van der Waals surface area contributed by atoms with E-state index in [0.29, 0.717) is 23.0 Å². The van der Waals surface area contributed by atoms with Crippen LogP contribution in [0.25, 0.3) is 5.78 Å². The molecule has 0 spiro atoms. The number of anilines is 1. The minimum absolute atomic E-state index is 0.169. The summed E-state index contributed by atoms with van der Waals surface area (Å²) in [5.74, 6) is 0.996. The number of nitrogen functional groups attached to an aromatic ring is 1. The van der Waals surface area contributed by atoms with Crippen molar-refractivity contribution >= 4 is 29.3 Å². The van der Waals surface area contributed by atoms with E-state index in [9.17, 15) is 4.79 Å². The van der Waals surface area contributed by atoms with Gasteiger partial charge in [-0.2, -0.15) is 9.50 Å². The molecule has 8 nitrogen and oxygen atoms in total. The van der Waals surface area contributed by atoms with Crippen LogP contribution in [0.2, 0.25) is 5.02 Å². The Morgan fingerprint density at radius 3 is 2.67 bits per heavy atom. The van der Waals surface area contributed by atoms with Crippen LogP contribution >= 0.6 is 11.6 Å². The van der Waals surface area contributed by atoms with Crippen molar-refractivity contribution in [2.24, 2.45) is 0 Å². The van der Waals surface area contributed by atoms with Gasteiger partial charge in [-0.3, -0.25) is 4.79 Å². The average Bonchev–Trinajstić information content (AvgIpc) is 3.00. The Morgan fingerprint density at radius 1 is 1.19 bits per heavy atom. The number of aromatic nitrogens is 4. The molecule has 0 aliphatic rings. The molecule has 1 aromatic carbocycles. The lowest BCUT2D eigenvalue weighted by atomic mass is 10.1. The van der Waals surface area contributed by atoms with Gasteiger partial charge in [-0.15, -0.1) is 5.10 Å². The van der Waals surface area contributed by atoms with Gasteiger partial charge in [0.15, 0.2) is 0 Å². The van der Waals surface area contributed by atoms with Crippen molar-refractivity contribution in [1.29, 1.82) is 0 Å². The molecular formula is C18H20ClN5O3. The fourth-order valence-electron chi connectivity index (χ4n) is 2.73. The number of nitrogens with two attached hydrogens (primary N) is 1. The number of nitrogens with zero attached hydrogens (tertiary/aromatic N) is 4. The van der Waals surface area contributed by atoms with Crippen molar-refractivity contribution in [3.63, 3.8) is 0 Å². The summed E-state index contributed by atoms with van der Waals surface area (Å²) in [7, 11) is 0. The molecule has 2 heterocycles. The summed E-state index contributed by atoms with van der Waals surface area (Å²) in [5, 5.41) is 4.76. The van der Waals surface area contributed by atoms with Crippen LogP contribution < -0.4 is 10.5 Å². The molecule has 27 heavy (non-hydrogen) atoms. The maximum absolute atomic E-state index is 12.0. The maximum Gasteiger partial charge on any atom is 0.306 e. The Bertz CT molecular complexity index is 956. The first-order valence-electron chi connectivity index (χ1n) is 8.46. The van der Waals surface area contributed by atoms with Crippen LogP contribution in [0.4, 0.5) is 5.95 Å². The fourth-order valence-corrected chi connectivity index (χ4v) is 2.86. The minimum Gasteiger partial charge on any atom is -0.490 e. The largest absolute Gasteiger partial charge is 0.490 e. The van der Waals surface area contributed by atoms with Gasteiger partial charge in [-0.1, -0.05) is 11.6 Å². The molecule has 0 amide bonds.